The van der Waals surface area contributed by atoms with E-state index in [4.69, 9.17) is 20.0 Å². The molecule has 32 heavy (non-hydrogen) atoms. The molecule has 0 spiro atoms. The topological polar surface area (TPSA) is 103 Å². The molecule has 0 aliphatic rings. The highest BCUT2D eigenvalue weighted by Gasteiger charge is 2.26. The predicted octanol–water partition coefficient (Wildman–Crippen LogP) is 5.91. The molecular formula is C25H45NO5Si. The van der Waals surface area contributed by atoms with E-state index in [1.165, 1.54) is 51.4 Å². The molecule has 0 aromatic carbocycles. The molecule has 0 saturated heterocycles. The summed E-state index contributed by atoms with van der Waals surface area (Å²) in [6, 6.07) is 1.09. The Labute approximate surface area is 195 Å². The Morgan fingerprint density at radius 3 is 2.06 bits per heavy atom. The summed E-state index contributed by atoms with van der Waals surface area (Å²) in [5, 5.41) is 9.80. The lowest BCUT2D eigenvalue weighted by molar-refractivity contribution is -0.152. The second-order valence-electron chi connectivity index (χ2n) is 9.93. The van der Waals surface area contributed by atoms with Crippen molar-refractivity contribution >= 4 is 25.4 Å². The molecule has 2 atom stereocenters. The quantitative estimate of drug-likeness (QED) is 0.158. The molecule has 0 amide bonds. The fourth-order valence-corrected chi connectivity index (χ4v) is 4.66. The van der Waals surface area contributed by atoms with Crippen molar-refractivity contribution in [2.24, 2.45) is 5.73 Å². The Hall–Kier alpha value is -1.60. The molecule has 6 nitrogen and oxygen atoms in total. The van der Waals surface area contributed by atoms with E-state index in [-0.39, 0.29) is 12.8 Å². The summed E-state index contributed by atoms with van der Waals surface area (Å²) in [4.78, 5) is 23.2. The van der Waals surface area contributed by atoms with E-state index in [2.05, 4.69) is 26.6 Å². The van der Waals surface area contributed by atoms with Crippen LogP contribution in [-0.2, 0) is 14.3 Å². The second kappa shape index (κ2) is 15.3. The van der Waals surface area contributed by atoms with Crippen LogP contribution in [-0.4, -0.2) is 31.2 Å². The van der Waals surface area contributed by atoms with Gasteiger partial charge in [0, 0.05) is 12.0 Å². The number of carboxylic acids is 1. The highest BCUT2D eigenvalue weighted by atomic mass is 28.3. The third kappa shape index (κ3) is 11.9. The van der Waals surface area contributed by atoms with Crippen molar-refractivity contribution in [2.45, 2.75) is 122 Å². The molecule has 3 N–H and O–H groups in total. The molecule has 184 valence electrons. The first-order chi connectivity index (χ1) is 15.1. The van der Waals surface area contributed by atoms with Crippen molar-refractivity contribution in [3.63, 3.8) is 0 Å². The van der Waals surface area contributed by atoms with E-state index in [0.29, 0.717) is 0 Å². The third-order valence-corrected chi connectivity index (χ3v) is 7.52. The average Bonchev–Trinajstić information content (AvgIpc) is 3.23. The lowest BCUT2D eigenvalue weighted by Gasteiger charge is -2.19. The van der Waals surface area contributed by atoms with Crippen molar-refractivity contribution < 1.29 is 23.8 Å². The molecule has 1 heterocycles. The second-order valence-corrected chi connectivity index (χ2v) is 14.9. The third-order valence-electron chi connectivity index (χ3n) is 5.78. The SMILES string of the molecule is CCCCCCCCCCCCC(OC(=O)[C@@H](N)CCC(=O)O)c1coc([Si](C)(C)C)c1. The zero-order valence-corrected chi connectivity index (χ0v) is 21.7. The van der Waals surface area contributed by atoms with Crippen LogP contribution < -0.4 is 11.1 Å². The average molecular weight is 468 g/mol. The van der Waals surface area contributed by atoms with Gasteiger partial charge >= 0.3 is 11.9 Å². The number of hydrogen-bond donors (Lipinski definition) is 2. The van der Waals surface area contributed by atoms with Gasteiger partial charge < -0.3 is 20.0 Å². The van der Waals surface area contributed by atoms with Gasteiger partial charge in [-0.15, -0.1) is 0 Å². The molecule has 1 aromatic heterocycles. The van der Waals surface area contributed by atoms with Crippen molar-refractivity contribution in [3.8, 4) is 0 Å². The number of esters is 1. The maximum Gasteiger partial charge on any atom is 0.323 e. The number of carbonyl (C=O) groups excluding carboxylic acids is 1. The van der Waals surface area contributed by atoms with Crippen LogP contribution in [0.3, 0.4) is 0 Å². The fraction of sp³-hybridized carbons (Fsp3) is 0.760. The zero-order chi connectivity index (χ0) is 24.0. The van der Waals surface area contributed by atoms with E-state index < -0.39 is 32.2 Å². The zero-order valence-electron chi connectivity index (χ0n) is 20.7. The van der Waals surface area contributed by atoms with Crippen molar-refractivity contribution in [1.82, 2.24) is 0 Å². The van der Waals surface area contributed by atoms with E-state index in [0.717, 1.165) is 30.2 Å². The highest BCUT2D eigenvalue weighted by Crippen LogP contribution is 2.26. The van der Waals surface area contributed by atoms with Crippen molar-refractivity contribution in [3.05, 3.63) is 17.9 Å². The van der Waals surface area contributed by atoms with Gasteiger partial charge in [-0.3, -0.25) is 9.59 Å². The van der Waals surface area contributed by atoms with Gasteiger partial charge in [-0.1, -0.05) is 84.4 Å². The molecule has 7 heteroatoms. The molecule has 0 aliphatic heterocycles. The van der Waals surface area contributed by atoms with Crippen LogP contribution in [0.2, 0.25) is 19.6 Å². The van der Waals surface area contributed by atoms with Crippen LogP contribution in [0.15, 0.2) is 16.7 Å². The number of hydrogen-bond acceptors (Lipinski definition) is 5. The summed E-state index contributed by atoms with van der Waals surface area (Å²) in [6.07, 6.45) is 14.4. The molecule has 0 bridgehead atoms. The van der Waals surface area contributed by atoms with Crippen molar-refractivity contribution in [1.29, 1.82) is 0 Å². The summed E-state index contributed by atoms with van der Waals surface area (Å²) in [5.74, 6) is -1.51. The maximum absolute atomic E-state index is 12.5. The Morgan fingerprint density at radius 1 is 1.00 bits per heavy atom. The first-order valence-corrected chi connectivity index (χ1v) is 15.9. The smallest absolute Gasteiger partial charge is 0.323 e. The summed E-state index contributed by atoms with van der Waals surface area (Å²) >= 11 is 0. The van der Waals surface area contributed by atoms with Crippen molar-refractivity contribution in [2.75, 3.05) is 0 Å². The molecule has 1 aromatic rings. The first kappa shape index (κ1) is 28.4. The predicted molar refractivity (Wildman–Crippen MR) is 132 cm³/mol. The lowest BCUT2D eigenvalue weighted by Crippen LogP contribution is -2.36. The number of aliphatic carboxylic acids is 1. The minimum Gasteiger partial charge on any atom is -0.481 e. The molecule has 1 rings (SSSR count). The first-order valence-electron chi connectivity index (χ1n) is 12.4. The van der Waals surface area contributed by atoms with E-state index in [1.807, 2.05) is 6.07 Å². The van der Waals surface area contributed by atoms with Crippen LogP contribution in [0.1, 0.15) is 102 Å². The van der Waals surface area contributed by atoms with Gasteiger partial charge in [0.25, 0.3) is 0 Å². The van der Waals surface area contributed by atoms with E-state index >= 15 is 0 Å². The van der Waals surface area contributed by atoms with Gasteiger partial charge in [-0.05, 0) is 25.3 Å². The number of ether oxygens (including phenoxy) is 1. The summed E-state index contributed by atoms with van der Waals surface area (Å²) < 4.78 is 11.5. The van der Waals surface area contributed by atoms with Gasteiger partial charge in [0.1, 0.15) is 20.2 Å². The number of unbranched alkanes of at least 4 members (excludes halogenated alkanes) is 9. The van der Waals surface area contributed by atoms with Crippen LogP contribution in [0.4, 0.5) is 0 Å². The highest BCUT2D eigenvalue weighted by molar-refractivity contribution is 6.87. The Morgan fingerprint density at radius 2 is 1.56 bits per heavy atom. The van der Waals surface area contributed by atoms with Gasteiger partial charge in [-0.25, -0.2) is 0 Å². The maximum atomic E-state index is 12.5. The van der Waals surface area contributed by atoms with Crippen LogP contribution in [0.25, 0.3) is 0 Å². The largest absolute Gasteiger partial charge is 0.481 e. The number of carbonyl (C=O) groups is 2. The van der Waals surface area contributed by atoms with E-state index in [1.54, 1.807) is 6.26 Å². The van der Waals surface area contributed by atoms with Crippen LogP contribution in [0, 0.1) is 0 Å². The number of rotatable bonds is 18. The number of carboxylic acid groups (broad SMARTS) is 1. The standard InChI is InChI=1S/C25H45NO5Si/c1-5-6-7-8-9-10-11-12-13-14-15-22(20-18-24(30-19-20)32(2,3)4)31-25(29)21(26)16-17-23(27)28/h18-19,21-22H,5-17,26H2,1-4H3,(H,27,28)/t21-,22?/m0/s1. The Balaban J connectivity index is 2.55. The molecule has 0 radical (unpaired) electrons. The number of nitrogens with two attached hydrogens (primary N) is 1. The monoisotopic (exact) mass is 467 g/mol. The normalized spacial score (nSPS) is 13.7. The number of furan rings is 1. The Bertz CT molecular complexity index is 668. The summed E-state index contributed by atoms with van der Waals surface area (Å²) in [6.45, 7) is 8.87. The van der Waals surface area contributed by atoms with E-state index in [9.17, 15) is 9.59 Å². The van der Waals surface area contributed by atoms with Gasteiger partial charge in [0.05, 0.1) is 11.6 Å². The summed E-state index contributed by atoms with van der Waals surface area (Å²) in [7, 11) is -1.61. The minimum absolute atomic E-state index is 0.0741. The van der Waals surface area contributed by atoms with Gasteiger partial charge in [0.15, 0.2) is 0 Å². The Kier molecular flexibility index (Phi) is 13.6. The lowest BCUT2D eigenvalue weighted by atomic mass is 10.0. The van der Waals surface area contributed by atoms with Crippen LogP contribution >= 0.6 is 0 Å². The van der Waals surface area contributed by atoms with Gasteiger partial charge in [0.2, 0.25) is 0 Å². The van der Waals surface area contributed by atoms with Gasteiger partial charge in [-0.2, -0.15) is 0 Å². The van der Waals surface area contributed by atoms with Crippen LogP contribution in [0.5, 0.6) is 0 Å². The fourth-order valence-electron chi connectivity index (χ4n) is 3.65. The summed E-state index contributed by atoms with van der Waals surface area (Å²) in [5.41, 5.74) is 6.74. The molecule has 1 unspecified atom stereocenters. The molecule has 0 fully saturated rings. The minimum atomic E-state index is -1.61. The molecule has 0 aliphatic carbocycles. The molecule has 0 saturated carbocycles. The molecular weight excluding hydrogens is 422 g/mol.